The average Bonchev–Trinajstić information content (AvgIpc) is 2.99. The lowest BCUT2D eigenvalue weighted by atomic mass is 9.89. The van der Waals surface area contributed by atoms with Crippen molar-refractivity contribution in [3.63, 3.8) is 0 Å². The Morgan fingerprint density at radius 2 is 1.29 bits per heavy atom. The molecule has 1 aromatic heterocycles. The van der Waals surface area contributed by atoms with Gasteiger partial charge < -0.3 is 14.8 Å². The Hall–Kier alpha value is -4.31. The summed E-state index contributed by atoms with van der Waals surface area (Å²) in [5, 5.41) is 3.23. The van der Waals surface area contributed by atoms with Crippen molar-refractivity contribution in [1.29, 1.82) is 0 Å². The van der Waals surface area contributed by atoms with Crippen LogP contribution < -0.4 is 14.8 Å². The number of halogens is 6. The molecule has 3 aromatic carbocycles. The summed E-state index contributed by atoms with van der Waals surface area (Å²) in [6, 6.07) is 17.1. The Labute approximate surface area is 238 Å². The number of nitrogens with one attached hydrogen (secondary N) is 1. The molecule has 0 spiro atoms. The van der Waals surface area contributed by atoms with E-state index in [4.69, 9.17) is 9.47 Å². The Balaban J connectivity index is 1.57. The van der Waals surface area contributed by atoms with Crippen LogP contribution in [0, 0.1) is 0 Å². The van der Waals surface area contributed by atoms with E-state index < -0.39 is 23.5 Å². The van der Waals surface area contributed by atoms with Crippen molar-refractivity contribution in [3.05, 3.63) is 119 Å². The van der Waals surface area contributed by atoms with Crippen molar-refractivity contribution in [2.45, 2.75) is 32.0 Å². The fraction of sp³-hybridized carbons (Fsp3) is 0.219. The molecule has 0 bridgehead atoms. The number of nitrogens with zero attached hydrogens (tertiary/aromatic N) is 1. The molecule has 0 amide bonds. The number of hydrogen-bond acceptors (Lipinski definition) is 4. The smallest absolute Gasteiger partial charge is 0.419 e. The number of pyridine rings is 1. The maximum atomic E-state index is 13.6. The first-order valence-electron chi connectivity index (χ1n) is 13.2. The lowest BCUT2D eigenvalue weighted by Gasteiger charge is -2.22. The van der Waals surface area contributed by atoms with Crippen LogP contribution in [0.25, 0.3) is 16.7 Å². The predicted molar refractivity (Wildman–Crippen MR) is 147 cm³/mol. The van der Waals surface area contributed by atoms with Crippen LogP contribution in [-0.4, -0.2) is 18.1 Å². The molecule has 0 unspecified atom stereocenters. The second-order valence-electron chi connectivity index (χ2n) is 9.66. The first kappa shape index (κ1) is 29.2. The number of hydrogen-bond donors (Lipinski definition) is 1. The molecule has 4 aromatic rings. The van der Waals surface area contributed by atoms with Gasteiger partial charge >= 0.3 is 12.4 Å². The van der Waals surface area contributed by atoms with Crippen molar-refractivity contribution in [2.75, 3.05) is 13.1 Å². The second kappa shape index (κ2) is 12.3. The van der Waals surface area contributed by atoms with Crippen LogP contribution >= 0.6 is 0 Å². The summed E-state index contributed by atoms with van der Waals surface area (Å²) >= 11 is 0. The number of rotatable bonds is 8. The van der Waals surface area contributed by atoms with Crippen LogP contribution in [0.2, 0.25) is 0 Å². The van der Waals surface area contributed by atoms with Gasteiger partial charge in [0.1, 0.15) is 24.7 Å². The zero-order valence-electron chi connectivity index (χ0n) is 22.2. The average molecular weight is 585 g/mol. The number of alkyl halides is 6. The highest BCUT2D eigenvalue weighted by molar-refractivity contribution is 5.76. The molecule has 0 saturated carbocycles. The Morgan fingerprint density at radius 1 is 0.714 bits per heavy atom. The van der Waals surface area contributed by atoms with Gasteiger partial charge in [-0.15, -0.1) is 0 Å². The van der Waals surface area contributed by atoms with Gasteiger partial charge in [-0.1, -0.05) is 36.4 Å². The molecular weight excluding hydrogens is 558 g/mol. The maximum Gasteiger partial charge on any atom is 0.419 e. The van der Waals surface area contributed by atoms with Gasteiger partial charge in [0.25, 0.3) is 0 Å². The molecule has 1 aliphatic heterocycles. The quantitative estimate of drug-likeness (QED) is 0.212. The van der Waals surface area contributed by atoms with Crippen LogP contribution in [0.15, 0.2) is 91.3 Å². The Morgan fingerprint density at radius 3 is 1.81 bits per heavy atom. The minimum atomic E-state index is -4.60. The van der Waals surface area contributed by atoms with Gasteiger partial charge in [-0.05, 0) is 83.3 Å². The lowest BCUT2D eigenvalue weighted by Crippen LogP contribution is -2.20. The minimum absolute atomic E-state index is 0.168. The lowest BCUT2D eigenvalue weighted by molar-refractivity contribution is -0.139. The number of para-hydroxylation sites is 2. The van der Waals surface area contributed by atoms with E-state index in [9.17, 15) is 26.3 Å². The van der Waals surface area contributed by atoms with Crippen molar-refractivity contribution >= 4 is 5.57 Å². The number of ether oxygens (including phenoxy) is 2. The van der Waals surface area contributed by atoms with E-state index in [0.29, 0.717) is 41.8 Å². The molecule has 1 N–H and O–H groups in total. The molecule has 10 heteroatoms. The van der Waals surface area contributed by atoms with Crippen LogP contribution in [0.5, 0.6) is 11.5 Å². The molecule has 0 atom stereocenters. The molecule has 218 valence electrons. The van der Waals surface area contributed by atoms with E-state index in [2.05, 4.69) is 10.3 Å². The summed E-state index contributed by atoms with van der Waals surface area (Å²) in [4.78, 5) is 4.18. The minimum Gasteiger partial charge on any atom is -0.488 e. The standard InChI is InChI=1S/C32H26F6N2O2/c33-31(34,35)27-7-1-3-9-29(27)41-19-23-17-26(22-6-5-13-40-18-22)24(16-25(23)21-11-14-39-15-12-21)20-42-30-10-4-2-8-28(30)32(36,37)38/h1-11,13,16-18,39H,12,14-15,19-20H2. The van der Waals surface area contributed by atoms with Crippen LogP contribution in [0.1, 0.15) is 34.2 Å². The summed E-state index contributed by atoms with van der Waals surface area (Å²) in [6.45, 7) is 0.937. The molecule has 1 aliphatic rings. The first-order chi connectivity index (χ1) is 20.1. The van der Waals surface area contributed by atoms with E-state index in [0.717, 1.165) is 23.3 Å². The largest absolute Gasteiger partial charge is 0.488 e. The summed E-state index contributed by atoms with van der Waals surface area (Å²) in [6.07, 6.45) is -3.36. The Bertz CT molecular complexity index is 1570. The molecule has 0 radical (unpaired) electrons. The van der Waals surface area contributed by atoms with Gasteiger partial charge in [0.2, 0.25) is 0 Å². The molecule has 4 nitrogen and oxygen atoms in total. The summed E-state index contributed by atoms with van der Waals surface area (Å²) < 4.78 is 93.2. The van der Waals surface area contributed by atoms with Crippen molar-refractivity contribution in [2.24, 2.45) is 0 Å². The molecule has 0 fully saturated rings. The summed E-state index contributed by atoms with van der Waals surface area (Å²) in [7, 11) is 0. The van der Waals surface area contributed by atoms with Crippen LogP contribution in [-0.2, 0) is 25.6 Å². The zero-order chi connectivity index (χ0) is 29.7. The first-order valence-corrected chi connectivity index (χ1v) is 13.2. The molecule has 0 aliphatic carbocycles. The van der Waals surface area contributed by atoms with E-state index >= 15 is 0 Å². The second-order valence-corrected chi connectivity index (χ2v) is 9.66. The van der Waals surface area contributed by atoms with Crippen LogP contribution in [0.3, 0.4) is 0 Å². The van der Waals surface area contributed by atoms with E-state index in [1.165, 1.54) is 36.4 Å². The third-order valence-corrected chi connectivity index (χ3v) is 6.86. The monoisotopic (exact) mass is 584 g/mol. The zero-order valence-corrected chi connectivity index (χ0v) is 22.2. The van der Waals surface area contributed by atoms with Gasteiger partial charge in [-0.25, -0.2) is 0 Å². The fourth-order valence-corrected chi connectivity index (χ4v) is 4.85. The molecular formula is C32H26F6N2O2. The van der Waals surface area contributed by atoms with E-state index in [1.807, 2.05) is 12.1 Å². The highest BCUT2D eigenvalue weighted by Crippen LogP contribution is 2.39. The molecule has 2 heterocycles. The molecule has 42 heavy (non-hydrogen) atoms. The van der Waals surface area contributed by atoms with Crippen molar-refractivity contribution in [1.82, 2.24) is 10.3 Å². The highest BCUT2D eigenvalue weighted by atomic mass is 19.4. The Kier molecular flexibility index (Phi) is 8.54. The van der Waals surface area contributed by atoms with E-state index in [-0.39, 0.29) is 24.7 Å². The van der Waals surface area contributed by atoms with Crippen LogP contribution in [0.4, 0.5) is 26.3 Å². The summed E-state index contributed by atoms with van der Waals surface area (Å²) in [5.41, 5.74) is 2.42. The number of benzene rings is 3. The molecule has 5 rings (SSSR count). The van der Waals surface area contributed by atoms with Crippen molar-refractivity contribution in [3.8, 4) is 22.6 Å². The summed E-state index contributed by atoms with van der Waals surface area (Å²) in [5.74, 6) is -0.602. The van der Waals surface area contributed by atoms with Gasteiger partial charge in [0.15, 0.2) is 0 Å². The highest BCUT2D eigenvalue weighted by Gasteiger charge is 2.35. The van der Waals surface area contributed by atoms with E-state index in [1.54, 1.807) is 30.6 Å². The third-order valence-electron chi connectivity index (χ3n) is 6.86. The normalized spacial score (nSPS) is 13.9. The molecule has 0 saturated heterocycles. The topological polar surface area (TPSA) is 43.4 Å². The van der Waals surface area contributed by atoms with Gasteiger partial charge in [0, 0.05) is 24.5 Å². The number of aromatic nitrogens is 1. The van der Waals surface area contributed by atoms with Gasteiger partial charge in [-0.3, -0.25) is 4.98 Å². The van der Waals surface area contributed by atoms with Gasteiger partial charge in [0.05, 0.1) is 11.1 Å². The third kappa shape index (κ3) is 6.76. The van der Waals surface area contributed by atoms with Crippen molar-refractivity contribution < 1.29 is 35.8 Å². The fourth-order valence-electron chi connectivity index (χ4n) is 4.85. The maximum absolute atomic E-state index is 13.6. The predicted octanol–water partition coefficient (Wildman–Crippen LogP) is 8.32. The SMILES string of the molecule is FC(F)(F)c1ccccc1OCc1cc(-c2cccnc2)c(COc2ccccc2C(F)(F)F)cc1C1=CCNCC1. The van der Waals surface area contributed by atoms with Gasteiger partial charge in [-0.2, -0.15) is 26.3 Å².